The standard InChI is InChI=1S/C24H25N5O2/c25-13-6-14-26-22(30)21(15-17-16-27-20-10-5-4-9-19(17)20)28-23(31)29-24(11-12-24)18-7-2-1-3-8-18/h1-5,7-10,16,21,27H,6,11-12,14-15H2,(H,26,30)(H2,28,29,31). The van der Waals surface area contributed by atoms with E-state index in [0.717, 1.165) is 34.9 Å². The summed E-state index contributed by atoms with van der Waals surface area (Å²) < 4.78 is 0. The van der Waals surface area contributed by atoms with E-state index in [2.05, 4.69) is 20.9 Å². The normalized spacial score (nSPS) is 14.9. The van der Waals surface area contributed by atoms with Crippen LogP contribution in [0.3, 0.4) is 0 Å². The number of rotatable bonds is 8. The van der Waals surface area contributed by atoms with Gasteiger partial charge >= 0.3 is 6.03 Å². The number of urea groups is 1. The molecule has 1 unspecified atom stereocenters. The number of aromatic nitrogens is 1. The van der Waals surface area contributed by atoms with Crippen molar-refractivity contribution in [3.8, 4) is 6.07 Å². The molecular formula is C24H25N5O2. The van der Waals surface area contributed by atoms with Gasteiger partial charge in [-0.3, -0.25) is 4.79 Å². The Morgan fingerprint density at radius 1 is 1.10 bits per heavy atom. The fourth-order valence-electron chi connectivity index (χ4n) is 3.87. The summed E-state index contributed by atoms with van der Waals surface area (Å²) in [5, 5.41) is 18.4. The Morgan fingerprint density at radius 3 is 2.58 bits per heavy atom. The molecule has 0 radical (unpaired) electrons. The topological polar surface area (TPSA) is 110 Å². The number of nitriles is 1. The van der Waals surface area contributed by atoms with E-state index in [4.69, 9.17) is 5.26 Å². The van der Waals surface area contributed by atoms with E-state index >= 15 is 0 Å². The van der Waals surface area contributed by atoms with Crippen LogP contribution in [0, 0.1) is 11.3 Å². The summed E-state index contributed by atoms with van der Waals surface area (Å²) in [5.41, 5.74) is 2.62. The molecule has 1 atom stereocenters. The van der Waals surface area contributed by atoms with Crippen LogP contribution in [0.2, 0.25) is 0 Å². The van der Waals surface area contributed by atoms with Crippen molar-refractivity contribution in [1.29, 1.82) is 5.26 Å². The van der Waals surface area contributed by atoms with Crippen LogP contribution in [0.5, 0.6) is 0 Å². The lowest BCUT2D eigenvalue weighted by Crippen LogP contribution is -2.53. The Morgan fingerprint density at radius 2 is 1.84 bits per heavy atom. The molecule has 0 aliphatic heterocycles. The molecule has 1 aliphatic carbocycles. The highest BCUT2D eigenvalue weighted by atomic mass is 16.2. The molecule has 0 spiro atoms. The van der Waals surface area contributed by atoms with Crippen LogP contribution in [-0.2, 0) is 16.8 Å². The van der Waals surface area contributed by atoms with Crippen LogP contribution < -0.4 is 16.0 Å². The van der Waals surface area contributed by atoms with Gasteiger partial charge in [0.2, 0.25) is 5.91 Å². The predicted molar refractivity (Wildman–Crippen MR) is 118 cm³/mol. The fraction of sp³-hybridized carbons (Fsp3) is 0.292. The van der Waals surface area contributed by atoms with Crippen molar-refractivity contribution in [3.63, 3.8) is 0 Å². The summed E-state index contributed by atoms with van der Waals surface area (Å²) in [6, 6.07) is 18.6. The van der Waals surface area contributed by atoms with Crippen LogP contribution in [-0.4, -0.2) is 29.5 Å². The number of hydrogen-bond acceptors (Lipinski definition) is 3. The molecule has 1 aliphatic rings. The number of nitrogens with zero attached hydrogens (tertiary/aromatic N) is 1. The fourth-order valence-corrected chi connectivity index (χ4v) is 3.87. The van der Waals surface area contributed by atoms with Gasteiger partial charge in [0.05, 0.1) is 18.0 Å². The molecule has 7 nitrogen and oxygen atoms in total. The number of para-hydroxylation sites is 1. The molecular weight excluding hydrogens is 390 g/mol. The van der Waals surface area contributed by atoms with E-state index in [1.54, 1.807) is 0 Å². The number of nitrogens with one attached hydrogen (secondary N) is 4. The maximum Gasteiger partial charge on any atom is 0.316 e. The summed E-state index contributed by atoms with van der Waals surface area (Å²) in [5.74, 6) is -0.305. The summed E-state index contributed by atoms with van der Waals surface area (Å²) in [4.78, 5) is 28.8. The van der Waals surface area contributed by atoms with Crippen LogP contribution in [0.4, 0.5) is 4.79 Å². The Bertz CT molecular complexity index is 1110. The van der Waals surface area contributed by atoms with E-state index in [-0.39, 0.29) is 30.4 Å². The van der Waals surface area contributed by atoms with Gasteiger partial charge in [-0.15, -0.1) is 0 Å². The van der Waals surface area contributed by atoms with Crippen LogP contribution in [0.1, 0.15) is 30.4 Å². The Balaban J connectivity index is 1.48. The third-order valence-electron chi connectivity index (χ3n) is 5.69. The quantitative estimate of drug-likeness (QED) is 0.424. The lowest BCUT2D eigenvalue weighted by molar-refractivity contribution is -0.122. The van der Waals surface area contributed by atoms with Gasteiger partial charge in [0.1, 0.15) is 6.04 Å². The van der Waals surface area contributed by atoms with Gasteiger partial charge in [-0.1, -0.05) is 48.5 Å². The second kappa shape index (κ2) is 8.92. The van der Waals surface area contributed by atoms with Gasteiger partial charge < -0.3 is 20.9 Å². The highest BCUT2D eigenvalue weighted by molar-refractivity contribution is 5.89. The lowest BCUT2D eigenvalue weighted by Gasteiger charge is -2.22. The molecule has 1 saturated carbocycles. The SMILES string of the molecule is N#CCCNC(=O)C(Cc1c[nH]c2ccccc12)NC(=O)NC1(c2ccccc2)CC1. The molecule has 1 heterocycles. The van der Waals surface area contributed by atoms with Crippen LogP contribution >= 0.6 is 0 Å². The summed E-state index contributed by atoms with van der Waals surface area (Å²) in [6.07, 6.45) is 4.16. The molecule has 4 N–H and O–H groups in total. The summed E-state index contributed by atoms with van der Waals surface area (Å²) in [7, 11) is 0. The van der Waals surface area contributed by atoms with Crippen molar-refractivity contribution in [2.45, 2.75) is 37.3 Å². The van der Waals surface area contributed by atoms with E-state index < -0.39 is 6.04 Å². The van der Waals surface area contributed by atoms with Gasteiger partial charge in [-0.25, -0.2) is 4.79 Å². The third kappa shape index (κ3) is 4.69. The molecule has 0 bridgehead atoms. The number of amides is 3. The summed E-state index contributed by atoms with van der Waals surface area (Å²) >= 11 is 0. The first-order valence-electron chi connectivity index (χ1n) is 10.5. The summed E-state index contributed by atoms with van der Waals surface area (Å²) in [6.45, 7) is 0.247. The first-order chi connectivity index (χ1) is 15.1. The van der Waals surface area contributed by atoms with Crippen molar-refractivity contribution >= 4 is 22.8 Å². The van der Waals surface area contributed by atoms with Crippen molar-refractivity contribution < 1.29 is 9.59 Å². The maximum absolute atomic E-state index is 12.8. The van der Waals surface area contributed by atoms with Gasteiger partial charge in [0, 0.05) is 30.1 Å². The Hall–Kier alpha value is -3.79. The zero-order valence-electron chi connectivity index (χ0n) is 17.2. The largest absolute Gasteiger partial charge is 0.361 e. The molecule has 1 aromatic heterocycles. The third-order valence-corrected chi connectivity index (χ3v) is 5.69. The number of fused-ring (bicyclic) bond motifs is 1. The van der Waals surface area contributed by atoms with E-state index in [1.165, 1.54) is 0 Å². The van der Waals surface area contributed by atoms with Gasteiger partial charge in [-0.2, -0.15) is 5.26 Å². The number of aromatic amines is 1. The molecule has 1 fully saturated rings. The smallest absolute Gasteiger partial charge is 0.316 e. The highest BCUT2D eigenvalue weighted by Gasteiger charge is 2.45. The van der Waals surface area contributed by atoms with Crippen molar-refractivity contribution in [2.75, 3.05) is 6.54 Å². The van der Waals surface area contributed by atoms with Gasteiger partial charge in [-0.05, 0) is 30.0 Å². The molecule has 2 aromatic carbocycles. The molecule has 0 saturated heterocycles. The minimum atomic E-state index is -0.760. The molecule has 3 aromatic rings. The number of H-pyrrole nitrogens is 1. The van der Waals surface area contributed by atoms with Gasteiger partial charge in [0.15, 0.2) is 0 Å². The number of carbonyl (C=O) groups is 2. The Labute approximate surface area is 180 Å². The number of benzene rings is 2. The average molecular weight is 415 g/mol. The minimum Gasteiger partial charge on any atom is -0.361 e. The number of hydrogen-bond donors (Lipinski definition) is 4. The molecule has 31 heavy (non-hydrogen) atoms. The molecule has 158 valence electrons. The molecule has 7 heteroatoms. The maximum atomic E-state index is 12.8. The van der Waals surface area contributed by atoms with E-state index in [1.807, 2.05) is 66.9 Å². The van der Waals surface area contributed by atoms with E-state index in [9.17, 15) is 9.59 Å². The second-order valence-electron chi connectivity index (χ2n) is 7.86. The first kappa shape index (κ1) is 20.5. The lowest BCUT2D eigenvalue weighted by atomic mass is 10.0. The van der Waals surface area contributed by atoms with Crippen molar-refractivity contribution in [2.24, 2.45) is 0 Å². The van der Waals surface area contributed by atoms with Crippen LogP contribution in [0.25, 0.3) is 10.9 Å². The van der Waals surface area contributed by atoms with Crippen molar-refractivity contribution in [3.05, 3.63) is 71.9 Å². The Kier molecular flexibility index (Phi) is 5.89. The second-order valence-corrected chi connectivity index (χ2v) is 7.86. The van der Waals surface area contributed by atoms with Crippen LogP contribution in [0.15, 0.2) is 60.8 Å². The van der Waals surface area contributed by atoms with Gasteiger partial charge in [0.25, 0.3) is 0 Å². The zero-order valence-corrected chi connectivity index (χ0v) is 17.2. The van der Waals surface area contributed by atoms with Crippen molar-refractivity contribution in [1.82, 2.24) is 20.9 Å². The van der Waals surface area contributed by atoms with E-state index in [0.29, 0.717) is 6.42 Å². The first-order valence-corrected chi connectivity index (χ1v) is 10.5. The molecule has 4 rings (SSSR count). The number of carbonyl (C=O) groups excluding carboxylic acids is 2. The highest BCUT2D eigenvalue weighted by Crippen LogP contribution is 2.45. The average Bonchev–Trinajstić information content (AvgIpc) is 3.46. The minimum absolute atomic E-state index is 0.217. The zero-order chi connectivity index (χ0) is 21.7. The molecule has 3 amide bonds. The monoisotopic (exact) mass is 415 g/mol. The predicted octanol–water partition coefficient (Wildman–Crippen LogP) is 3.10.